The first-order chi connectivity index (χ1) is 6.53. The predicted octanol–water partition coefficient (Wildman–Crippen LogP) is 0.195. The van der Waals surface area contributed by atoms with Crippen molar-refractivity contribution >= 4 is 16.7 Å². The average Bonchev–Trinajstić information content (AvgIpc) is 2.08. The smallest absolute Gasteiger partial charge is 0.367 e. The maximum Gasteiger partial charge on any atom is 0.409 e. The van der Waals surface area contributed by atoms with Gasteiger partial charge in [-0.25, -0.2) is 9.11 Å². The van der Waals surface area contributed by atoms with Crippen molar-refractivity contribution in [1.82, 2.24) is 4.72 Å². The van der Waals surface area contributed by atoms with Gasteiger partial charge in [0, 0.05) is 0 Å². The minimum Gasteiger partial charge on any atom is -0.367 e. The molecule has 0 spiro atoms. The monoisotopic (exact) mass is 219 g/mol. The maximum absolute atomic E-state index is 12.4. The van der Waals surface area contributed by atoms with E-state index in [9.17, 15) is 17.6 Å². The fourth-order valence-corrected chi connectivity index (χ4v) is 1.23. The quantitative estimate of drug-likeness (QED) is 0.734. The second kappa shape index (κ2) is 4.05. The Balaban J connectivity index is 2.79. The van der Waals surface area contributed by atoms with Crippen molar-refractivity contribution in [3.05, 3.63) is 30.1 Å². The summed E-state index contributed by atoms with van der Waals surface area (Å²) in [6.07, 6.45) is -0.0289. The molecule has 0 fully saturated rings. The fourth-order valence-electron chi connectivity index (χ4n) is 0.700. The van der Waals surface area contributed by atoms with Crippen molar-refractivity contribution in [2.75, 3.05) is 0 Å². The molecule has 0 radical (unpaired) electrons. The summed E-state index contributed by atoms with van der Waals surface area (Å²) in [5.74, 6) is -0.598. The largest absolute Gasteiger partial charge is 0.409 e. The number of rotatable bonds is 4. The summed E-state index contributed by atoms with van der Waals surface area (Å²) in [7, 11) is -4.14. The highest BCUT2D eigenvalue weighted by Gasteiger charge is 2.10. The zero-order valence-corrected chi connectivity index (χ0v) is 7.62. The van der Waals surface area contributed by atoms with Crippen LogP contribution in [0.5, 0.6) is 5.75 Å². The molecule has 0 unspecified atom stereocenters. The van der Waals surface area contributed by atoms with E-state index in [2.05, 4.69) is 4.18 Å². The molecule has 1 rings (SSSR count). The van der Waals surface area contributed by atoms with Gasteiger partial charge in [-0.1, -0.05) is 0 Å². The van der Waals surface area contributed by atoms with Crippen LogP contribution in [0.3, 0.4) is 0 Å². The van der Waals surface area contributed by atoms with Crippen LogP contribution < -0.4 is 8.91 Å². The standard InChI is InChI=1S/C7H6FNO4S/c8-6-1-3-7(4-2-6)13-14(11,12)9-5-10/h1-5H,(H,9,10). The number of hydrogen-bond donors (Lipinski definition) is 1. The third-order valence-electron chi connectivity index (χ3n) is 1.21. The van der Waals surface area contributed by atoms with Gasteiger partial charge in [-0.05, 0) is 24.3 Å². The average molecular weight is 219 g/mol. The van der Waals surface area contributed by atoms with Crippen molar-refractivity contribution in [1.29, 1.82) is 0 Å². The van der Waals surface area contributed by atoms with Crippen LogP contribution in [-0.4, -0.2) is 14.8 Å². The lowest BCUT2D eigenvalue weighted by Gasteiger charge is -2.03. The molecule has 7 heteroatoms. The molecule has 1 amide bonds. The topological polar surface area (TPSA) is 72.5 Å². The Morgan fingerprint density at radius 1 is 1.29 bits per heavy atom. The summed E-state index contributed by atoms with van der Waals surface area (Å²) in [4.78, 5) is 9.83. The molecule has 0 atom stereocenters. The number of amides is 1. The molecule has 14 heavy (non-hydrogen) atoms. The highest BCUT2D eigenvalue weighted by atomic mass is 32.2. The fraction of sp³-hybridized carbons (Fsp3) is 0. The second-order valence-corrected chi connectivity index (χ2v) is 3.54. The Morgan fingerprint density at radius 3 is 2.36 bits per heavy atom. The Labute approximate surface area is 79.8 Å². The molecule has 0 aliphatic heterocycles. The van der Waals surface area contributed by atoms with Gasteiger partial charge >= 0.3 is 10.3 Å². The van der Waals surface area contributed by atoms with Crippen LogP contribution >= 0.6 is 0 Å². The van der Waals surface area contributed by atoms with Crippen molar-refractivity contribution in [3.63, 3.8) is 0 Å². The summed E-state index contributed by atoms with van der Waals surface area (Å²) in [5, 5.41) is 0. The van der Waals surface area contributed by atoms with E-state index in [1.54, 1.807) is 0 Å². The molecule has 0 saturated heterocycles. The van der Waals surface area contributed by atoms with Crippen LogP contribution in [0.15, 0.2) is 24.3 Å². The van der Waals surface area contributed by atoms with Gasteiger partial charge in [-0.3, -0.25) is 4.79 Å². The summed E-state index contributed by atoms with van der Waals surface area (Å²) >= 11 is 0. The highest BCUT2D eigenvalue weighted by Crippen LogP contribution is 2.12. The number of halogens is 1. The lowest BCUT2D eigenvalue weighted by molar-refractivity contribution is -0.108. The molecule has 0 saturated carbocycles. The molecule has 0 aliphatic rings. The van der Waals surface area contributed by atoms with Crippen LogP contribution in [0.1, 0.15) is 0 Å². The van der Waals surface area contributed by atoms with Gasteiger partial charge in [0.05, 0.1) is 0 Å². The molecule has 1 N–H and O–H groups in total. The van der Waals surface area contributed by atoms with Gasteiger partial charge in [0.15, 0.2) is 0 Å². The molecule has 0 heterocycles. The van der Waals surface area contributed by atoms with E-state index in [-0.39, 0.29) is 12.2 Å². The summed E-state index contributed by atoms with van der Waals surface area (Å²) in [5.41, 5.74) is 0. The van der Waals surface area contributed by atoms with Crippen molar-refractivity contribution in [3.8, 4) is 5.75 Å². The molecule has 0 aromatic heterocycles. The first kappa shape index (κ1) is 10.5. The van der Waals surface area contributed by atoms with Crippen LogP contribution in [0, 0.1) is 5.82 Å². The Kier molecular flexibility index (Phi) is 3.03. The van der Waals surface area contributed by atoms with E-state index in [1.807, 2.05) is 0 Å². The normalized spacial score (nSPS) is 10.6. The SMILES string of the molecule is O=CNS(=O)(=O)Oc1ccc(F)cc1. The Hall–Kier alpha value is -1.63. The van der Waals surface area contributed by atoms with Crippen molar-refractivity contribution < 1.29 is 21.8 Å². The minimum absolute atomic E-state index is 0.0289. The summed E-state index contributed by atoms with van der Waals surface area (Å²) in [6.45, 7) is 0. The third-order valence-corrected chi connectivity index (χ3v) is 2.01. The summed E-state index contributed by atoms with van der Waals surface area (Å²) in [6, 6.07) is 4.32. The number of nitrogens with one attached hydrogen (secondary N) is 1. The van der Waals surface area contributed by atoms with Crippen molar-refractivity contribution in [2.45, 2.75) is 0 Å². The Bertz CT molecular complexity index is 414. The molecular weight excluding hydrogens is 213 g/mol. The zero-order valence-electron chi connectivity index (χ0n) is 6.81. The minimum atomic E-state index is -4.14. The van der Waals surface area contributed by atoms with Crippen LogP contribution in [0.25, 0.3) is 0 Å². The predicted molar refractivity (Wildman–Crippen MR) is 45.1 cm³/mol. The number of carbonyl (C=O) groups excluding carboxylic acids is 1. The number of hydrogen-bond acceptors (Lipinski definition) is 4. The molecule has 0 aliphatic carbocycles. The van der Waals surface area contributed by atoms with E-state index >= 15 is 0 Å². The van der Waals surface area contributed by atoms with Crippen LogP contribution in [-0.2, 0) is 15.1 Å². The zero-order chi connectivity index (χ0) is 10.6. The third kappa shape index (κ3) is 3.02. The van der Waals surface area contributed by atoms with Gasteiger partial charge < -0.3 is 4.18 Å². The van der Waals surface area contributed by atoms with Gasteiger partial charge in [0.25, 0.3) is 0 Å². The van der Waals surface area contributed by atoms with Crippen LogP contribution in [0.4, 0.5) is 4.39 Å². The lowest BCUT2D eigenvalue weighted by Crippen LogP contribution is -2.26. The molecular formula is C7H6FNO4S. The van der Waals surface area contributed by atoms with Crippen LogP contribution in [0.2, 0.25) is 0 Å². The molecule has 1 aromatic carbocycles. The number of carbonyl (C=O) groups is 1. The first-order valence-electron chi connectivity index (χ1n) is 3.44. The molecule has 76 valence electrons. The number of benzene rings is 1. The first-order valence-corrected chi connectivity index (χ1v) is 4.85. The van der Waals surface area contributed by atoms with Crippen molar-refractivity contribution in [2.24, 2.45) is 0 Å². The van der Waals surface area contributed by atoms with Gasteiger partial charge in [-0.2, -0.15) is 8.42 Å². The second-order valence-electron chi connectivity index (χ2n) is 2.23. The summed E-state index contributed by atoms with van der Waals surface area (Å²) < 4.78 is 39.9. The van der Waals surface area contributed by atoms with E-state index in [0.29, 0.717) is 0 Å². The molecule has 1 aromatic rings. The maximum atomic E-state index is 12.4. The van der Waals surface area contributed by atoms with Gasteiger partial charge in [0.2, 0.25) is 6.41 Å². The van der Waals surface area contributed by atoms with E-state index in [1.165, 1.54) is 4.72 Å². The lowest BCUT2D eigenvalue weighted by atomic mass is 10.3. The van der Waals surface area contributed by atoms with E-state index in [0.717, 1.165) is 24.3 Å². The Morgan fingerprint density at radius 2 is 1.86 bits per heavy atom. The highest BCUT2D eigenvalue weighted by molar-refractivity contribution is 7.85. The molecule has 0 bridgehead atoms. The van der Waals surface area contributed by atoms with Gasteiger partial charge in [-0.15, -0.1) is 0 Å². The van der Waals surface area contributed by atoms with Gasteiger partial charge in [0.1, 0.15) is 11.6 Å². The van der Waals surface area contributed by atoms with E-state index in [4.69, 9.17) is 0 Å². The molecule has 5 nitrogen and oxygen atoms in total. The van der Waals surface area contributed by atoms with E-state index < -0.39 is 16.1 Å².